The second-order valence-electron chi connectivity index (χ2n) is 11.1. The Balaban J connectivity index is 3.03. The average molecular weight is 644 g/mol. The molecular formula is C30H49N3O10S. The number of allylic oxidation sites excluding steroid dienone is 3. The minimum atomic E-state index is -1.26. The molecule has 13 nitrogen and oxygen atoms in total. The fraction of sp³-hybridized carbons (Fsp3) is 0.700. The molecule has 44 heavy (non-hydrogen) atoms. The van der Waals surface area contributed by atoms with Gasteiger partial charge in [0.05, 0.1) is 12.2 Å². The first kappa shape index (κ1) is 39.1. The van der Waals surface area contributed by atoms with Crippen LogP contribution in [0.2, 0.25) is 0 Å². The molecule has 0 aromatic rings. The van der Waals surface area contributed by atoms with Crippen molar-refractivity contribution in [3.05, 3.63) is 24.3 Å². The van der Waals surface area contributed by atoms with Crippen LogP contribution in [0.1, 0.15) is 77.6 Å². The predicted octanol–water partition coefficient (Wildman–Crippen LogP) is 1.66. The molecule has 9 N–H and O–H groups in total. The first-order valence-electron chi connectivity index (χ1n) is 15.2. The second-order valence-corrected chi connectivity index (χ2v) is 12.3. The Hall–Kier alpha value is -2.94. The molecule has 0 saturated heterocycles. The highest BCUT2D eigenvalue weighted by Gasteiger charge is 2.41. The number of aliphatic carboxylic acids is 3. The van der Waals surface area contributed by atoms with Crippen molar-refractivity contribution in [3.8, 4) is 0 Å². The van der Waals surface area contributed by atoms with Gasteiger partial charge in [0.25, 0.3) is 0 Å². The number of thioether (sulfide) groups is 1. The summed E-state index contributed by atoms with van der Waals surface area (Å²) >= 11 is 1.34. The third-order valence-corrected chi connectivity index (χ3v) is 8.89. The number of hydrogen-bond acceptors (Lipinski definition) is 9. The summed E-state index contributed by atoms with van der Waals surface area (Å²) in [6, 6.07) is -2.37. The lowest BCUT2D eigenvalue weighted by Crippen LogP contribution is -2.49. The Morgan fingerprint density at radius 3 is 2.36 bits per heavy atom. The first-order chi connectivity index (χ1) is 20.8. The number of rotatable bonds is 23. The predicted molar refractivity (Wildman–Crippen MR) is 166 cm³/mol. The van der Waals surface area contributed by atoms with Crippen molar-refractivity contribution in [1.82, 2.24) is 10.6 Å². The number of aliphatic hydroxyl groups excluding tert-OH is 2. The zero-order chi connectivity index (χ0) is 33.1. The number of nitrogens with two attached hydrogens (primary N) is 1. The number of carboxylic acid groups (broad SMARTS) is 3. The van der Waals surface area contributed by atoms with Gasteiger partial charge in [-0.25, -0.2) is 0 Å². The summed E-state index contributed by atoms with van der Waals surface area (Å²) < 4.78 is 0. The summed E-state index contributed by atoms with van der Waals surface area (Å²) in [5.41, 5.74) is 5.47. The van der Waals surface area contributed by atoms with Crippen LogP contribution >= 0.6 is 11.8 Å². The molecule has 250 valence electrons. The van der Waals surface area contributed by atoms with Gasteiger partial charge in [-0.15, -0.1) is 0 Å². The van der Waals surface area contributed by atoms with E-state index in [9.17, 15) is 34.2 Å². The summed E-state index contributed by atoms with van der Waals surface area (Å²) in [6.45, 7) is 1.43. The topological polar surface area (TPSA) is 237 Å². The van der Waals surface area contributed by atoms with Gasteiger partial charge in [-0.05, 0) is 50.4 Å². The Morgan fingerprint density at radius 2 is 1.73 bits per heavy atom. The minimum absolute atomic E-state index is 0.0563. The van der Waals surface area contributed by atoms with Crippen LogP contribution in [-0.4, -0.2) is 97.1 Å². The molecule has 0 aromatic carbocycles. The quantitative estimate of drug-likeness (QED) is 0.0586. The van der Waals surface area contributed by atoms with Crippen LogP contribution in [0, 0.1) is 11.8 Å². The fourth-order valence-corrected chi connectivity index (χ4v) is 6.45. The zero-order valence-corrected chi connectivity index (χ0v) is 26.1. The number of hydrogen-bond donors (Lipinski definition) is 8. The molecule has 0 radical (unpaired) electrons. The lowest BCUT2D eigenvalue weighted by atomic mass is 9.90. The molecule has 1 saturated carbocycles. The maximum atomic E-state index is 12.8. The van der Waals surface area contributed by atoms with Crippen molar-refractivity contribution in [2.75, 3.05) is 12.3 Å². The summed E-state index contributed by atoms with van der Waals surface area (Å²) in [5, 5.41) is 52.8. The number of carbonyl (C=O) groups is 5. The van der Waals surface area contributed by atoms with Gasteiger partial charge < -0.3 is 41.9 Å². The molecule has 0 heterocycles. The van der Waals surface area contributed by atoms with Crippen molar-refractivity contribution in [3.63, 3.8) is 0 Å². The smallest absolute Gasteiger partial charge is 0.322 e. The van der Waals surface area contributed by atoms with Gasteiger partial charge in [-0.2, -0.15) is 11.8 Å². The van der Waals surface area contributed by atoms with E-state index in [2.05, 4.69) is 17.6 Å². The van der Waals surface area contributed by atoms with Crippen LogP contribution in [0.5, 0.6) is 0 Å². The van der Waals surface area contributed by atoms with Crippen molar-refractivity contribution in [2.24, 2.45) is 17.6 Å². The molecule has 0 spiro atoms. The minimum Gasteiger partial charge on any atom is -0.481 e. The van der Waals surface area contributed by atoms with Crippen LogP contribution in [-0.2, 0) is 24.0 Å². The largest absolute Gasteiger partial charge is 0.481 e. The number of carbonyl (C=O) groups excluding carboxylic acids is 2. The standard InChI is InChI=1S/C30H49N3O10S/c1-2-3-6-9-19(34)12-13-21-20(10-7-4-5-8-11-27(37)38)24(35)16-25(21)44-18-23(29(41)32-17-28(39)40)33-26(36)15-14-22(31)30(42)43/h4,7,12-13,19-25,34-35H,2-3,5-6,8-11,14-18,31H2,1H3,(H,32,41)(H,33,36)(H,37,38)(H,39,40)(H,42,43)/b7-4-,13-12+/t19-,20+,21-,22+,23+,24?,25?/m0/s1. The highest BCUT2D eigenvalue weighted by Crippen LogP contribution is 2.43. The number of nitrogens with one attached hydrogen (secondary N) is 2. The number of amides is 2. The highest BCUT2D eigenvalue weighted by molar-refractivity contribution is 8.00. The summed E-state index contributed by atoms with van der Waals surface area (Å²) in [7, 11) is 0. The number of aliphatic hydroxyl groups is 2. The van der Waals surface area contributed by atoms with E-state index in [0.29, 0.717) is 32.1 Å². The molecular weight excluding hydrogens is 594 g/mol. The van der Waals surface area contributed by atoms with E-state index < -0.39 is 60.6 Å². The van der Waals surface area contributed by atoms with Crippen molar-refractivity contribution in [2.45, 2.75) is 107 Å². The second kappa shape index (κ2) is 21.7. The van der Waals surface area contributed by atoms with Gasteiger partial charge in [0.15, 0.2) is 0 Å². The maximum absolute atomic E-state index is 12.8. The molecule has 0 aromatic heterocycles. The normalized spacial score (nSPS) is 22.1. The van der Waals surface area contributed by atoms with Crippen molar-refractivity contribution < 1.29 is 49.5 Å². The number of carboxylic acids is 3. The van der Waals surface area contributed by atoms with Crippen LogP contribution in [0.15, 0.2) is 24.3 Å². The van der Waals surface area contributed by atoms with Gasteiger partial charge in [-0.3, -0.25) is 24.0 Å². The summed E-state index contributed by atoms with van der Waals surface area (Å²) in [5.74, 6) is -5.04. The van der Waals surface area contributed by atoms with E-state index >= 15 is 0 Å². The van der Waals surface area contributed by atoms with Gasteiger partial charge in [0, 0.05) is 23.8 Å². The zero-order valence-electron chi connectivity index (χ0n) is 25.3. The third-order valence-electron chi connectivity index (χ3n) is 7.43. The molecule has 14 heteroatoms. The molecule has 0 aliphatic heterocycles. The van der Waals surface area contributed by atoms with Crippen LogP contribution in [0.25, 0.3) is 0 Å². The first-order valence-corrected chi connectivity index (χ1v) is 16.2. The Bertz CT molecular complexity index is 992. The summed E-state index contributed by atoms with van der Waals surface area (Å²) in [6.07, 6.45) is 11.3. The highest BCUT2D eigenvalue weighted by atomic mass is 32.2. The van der Waals surface area contributed by atoms with Crippen molar-refractivity contribution >= 4 is 41.5 Å². The molecule has 7 atom stereocenters. The van der Waals surface area contributed by atoms with Crippen LogP contribution < -0.4 is 16.4 Å². The molecule has 2 unspecified atom stereocenters. The molecule has 1 aliphatic rings. The van der Waals surface area contributed by atoms with Crippen LogP contribution in [0.4, 0.5) is 0 Å². The van der Waals surface area contributed by atoms with E-state index in [4.69, 9.17) is 21.1 Å². The van der Waals surface area contributed by atoms with Crippen molar-refractivity contribution in [1.29, 1.82) is 0 Å². The third kappa shape index (κ3) is 16.2. The lowest BCUT2D eigenvalue weighted by molar-refractivity contribution is -0.139. The summed E-state index contributed by atoms with van der Waals surface area (Å²) in [4.78, 5) is 58.0. The van der Waals surface area contributed by atoms with Gasteiger partial charge in [0.1, 0.15) is 18.6 Å². The molecule has 1 aliphatic carbocycles. The SMILES string of the molecule is CCCCC[C@H](O)/C=C/[C@@H]1C(SC[C@@H](NC(=O)CC[C@@H](N)C(=O)O)C(=O)NCC(=O)O)CC(O)[C@@H]1C/C=C\CCCC(=O)O. The van der Waals surface area contributed by atoms with E-state index in [0.717, 1.165) is 19.3 Å². The van der Waals surface area contributed by atoms with E-state index in [1.54, 1.807) is 6.08 Å². The fourth-order valence-electron chi connectivity index (χ4n) is 4.93. The van der Waals surface area contributed by atoms with Gasteiger partial charge in [-0.1, -0.05) is 50.5 Å². The van der Waals surface area contributed by atoms with E-state index in [1.807, 2.05) is 18.2 Å². The Morgan fingerprint density at radius 1 is 1.00 bits per heavy atom. The average Bonchev–Trinajstić information content (AvgIpc) is 3.26. The lowest BCUT2D eigenvalue weighted by Gasteiger charge is -2.24. The molecule has 1 fully saturated rings. The van der Waals surface area contributed by atoms with E-state index in [-0.39, 0.29) is 42.1 Å². The maximum Gasteiger partial charge on any atom is 0.322 e. The van der Waals surface area contributed by atoms with Gasteiger partial charge >= 0.3 is 17.9 Å². The van der Waals surface area contributed by atoms with Gasteiger partial charge in [0.2, 0.25) is 11.8 Å². The monoisotopic (exact) mass is 643 g/mol. The molecule has 0 bridgehead atoms. The molecule has 1 rings (SSSR count). The van der Waals surface area contributed by atoms with E-state index in [1.165, 1.54) is 11.8 Å². The Kier molecular flexibility index (Phi) is 19.3. The number of unbranched alkanes of at least 4 members (excludes halogenated alkanes) is 3. The molecule has 2 amide bonds. The Labute approximate surface area is 262 Å². The van der Waals surface area contributed by atoms with Crippen LogP contribution in [0.3, 0.4) is 0 Å².